The zero-order chi connectivity index (χ0) is 17.4. The monoisotopic (exact) mass is 325 g/mol. The fourth-order valence-electron chi connectivity index (χ4n) is 3.04. The Kier molecular flexibility index (Phi) is 6.56. The van der Waals surface area contributed by atoms with Gasteiger partial charge in [0.25, 0.3) is 0 Å². The second-order valence-electron chi connectivity index (χ2n) is 6.15. The van der Waals surface area contributed by atoms with Crippen LogP contribution in [0.1, 0.15) is 44.2 Å². The van der Waals surface area contributed by atoms with Gasteiger partial charge in [-0.1, -0.05) is 80.9 Å². The third-order valence-corrected chi connectivity index (χ3v) is 4.46. The van der Waals surface area contributed by atoms with Crippen molar-refractivity contribution >= 4 is 5.97 Å². The van der Waals surface area contributed by atoms with Crippen LogP contribution in [0, 0.1) is 0 Å². The average molecular weight is 325 g/mol. The Morgan fingerprint density at radius 2 is 1.50 bits per heavy atom. The highest BCUT2D eigenvalue weighted by atomic mass is 16.5. The lowest BCUT2D eigenvalue weighted by atomic mass is 9.71. The summed E-state index contributed by atoms with van der Waals surface area (Å²) < 4.78 is 5.66. The fraction of sp³-hybridized carbons (Fsp3) is 0.381. The Balaban J connectivity index is 2.48. The van der Waals surface area contributed by atoms with Crippen LogP contribution in [0.25, 0.3) is 0 Å². The van der Waals surface area contributed by atoms with Crippen molar-refractivity contribution in [3.8, 4) is 0 Å². The zero-order valence-electron chi connectivity index (χ0n) is 14.6. The van der Waals surface area contributed by atoms with Crippen LogP contribution in [0.5, 0.6) is 0 Å². The molecule has 0 radical (unpaired) electrons. The lowest BCUT2D eigenvalue weighted by Gasteiger charge is -2.33. The molecule has 0 heterocycles. The maximum Gasteiger partial charge on any atom is 0.321 e. The van der Waals surface area contributed by atoms with Gasteiger partial charge in [-0.05, 0) is 24.0 Å². The van der Waals surface area contributed by atoms with Crippen LogP contribution in [-0.4, -0.2) is 18.6 Å². The minimum Gasteiger partial charge on any atom is -0.463 e. The van der Waals surface area contributed by atoms with E-state index < -0.39 is 5.41 Å². The van der Waals surface area contributed by atoms with E-state index >= 15 is 0 Å². The first kappa shape index (κ1) is 18.2. The number of carbonyl (C=O) groups is 1. The molecular formula is C21H27NO2. The Morgan fingerprint density at radius 1 is 1.00 bits per heavy atom. The van der Waals surface area contributed by atoms with E-state index in [-0.39, 0.29) is 18.6 Å². The van der Waals surface area contributed by atoms with Crippen LogP contribution in [0.4, 0.5) is 0 Å². The molecule has 0 aliphatic heterocycles. The largest absolute Gasteiger partial charge is 0.463 e. The number of rotatable bonds is 8. The van der Waals surface area contributed by atoms with E-state index in [1.165, 1.54) is 0 Å². The summed E-state index contributed by atoms with van der Waals surface area (Å²) in [6.07, 6.45) is 2.35. The SMILES string of the molecule is CCCC(C(=O)OCC(N)CC)(c1ccccc1)c1ccccc1. The van der Waals surface area contributed by atoms with Crippen molar-refractivity contribution < 1.29 is 9.53 Å². The number of ether oxygens (including phenoxy) is 1. The molecule has 0 spiro atoms. The second-order valence-corrected chi connectivity index (χ2v) is 6.15. The van der Waals surface area contributed by atoms with Gasteiger partial charge in [0.05, 0.1) is 0 Å². The van der Waals surface area contributed by atoms with E-state index in [1.54, 1.807) is 0 Å². The van der Waals surface area contributed by atoms with E-state index in [1.807, 2.05) is 67.6 Å². The van der Waals surface area contributed by atoms with Gasteiger partial charge in [-0.15, -0.1) is 0 Å². The van der Waals surface area contributed by atoms with Crippen molar-refractivity contribution in [2.45, 2.75) is 44.6 Å². The van der Waals surface area contributed by atoms with Gasteiger partial charge in [0, 0.05) is 6.04 Å². The second kappa shape index (κ2) is 8.65. The lowest BCUT2D eigenvalue weighted by Crippen LogP contribution is -2.40. The Morgan fingerprint density at radius 3 is 1.92 bits per heavy atom. The van der Waals surface area contributed by atoms with Crippen LogP contribution in [0.2, 0.25) is 0 Å². The summed E-state index contributed by atoms with van der Waals surface area (Å²) in [6, 6.07) is 19.7. The van der Waals surface area contributed by atoms with Crippen LogP contribution in [-0.2, 0) is 14.9 Å². The molecule has 128 valence electrons. The highest BCUT2D eigenvalue weighted by Gasteiger charge is 2.42. The van der Waals surface area contributed by atoms with Crippen molar-refractivity contribution in [2.75, 3.05) is 6.61 Å². The maximum absolute atomic E-state index is 13.2. The van der Waals surface area contributed by atoms with Gasteiger partial charge in [-0.3, -0.25) is 4.79 Å². The Bertz CT molecular complexity index is 585. The van der Waals surface area contributed by atoms with Gasteiger partial charge in [-0.2, -0.15) is 0 Å². The zero-order valence-corrected chi connectivity index (χ0v) is 14.6. The first-order valence-electron chi connectivity index (χ1n) is 8.69. The minimum atomic E-state index is -0.787. The van der Waals surface area contributed by atoms with E-state index in [0.717, 1.165) is 24.0 Å². The van der Waals surface area contributed by atoms with E-state index in [0.29, 0.717) is 6.42 Å². The van der Waals surface area contributed by atoms with Crippen molar-refractivity contribution in [1.82, 2.24) is 0 Å². The molecule has 0 amide bonds. The predicted molar refractivity (Wildman–Crippen MR) is 97.8 cm³/mol. The molecule has 1 unspecified atom stereocenters. The normalized spacial score (nSPS) is 12.6. The van der Waals surface area contributed by atoms with Crippen molar-refractivity contribution in [2.24, 2.45) is 5.73 Å². The molecule has 0 saturated carbocycles. The Labute approximate surface area is 144 Å². The number of hydrogen-bond acceptors (Lipinski definition) is 3. The van der Waals surface area contributed by atoms with Crippen LogP contribution < -0.4 is 5.73 Å². The molecule has 0 aromatic heterocycles. The van der Waals surface area contributed by atoms with Gasteiger partial charge in [-0.25, -0.2) is 0 Å². The molecule has 0 aliphatic carbocycles. The topological polar surface area (TPSA) is 52.3 Å². The van der Waals surface area contributed by atoms with Gasteiger partial charge in [0.2, 0.25) is 0 Å². The molecular weight excluding hydrogens is 298 g/mol. The molecule has 0 fully saturated rings. The van der Waals surface area contributed by atoms with E-state index in [2.05, 4.69) is 6.92 Å². The summed E-state index contributed by atoms with van der Waals surface area (Å²) in [7, 11) is 0. The quantitative estimate of drug-likeness (QED) is 0.745. The highest BCUT2D eigenvalue weighted by Crippen LogP contribution is 2.38. The molecule has 2 aromatic carbocycles. The van der Waals surface area contributed by atoms with Crippen molar-refractivity contribution in [3.05, 3.63) is 71.8 Å². The molecule has 3 nitrogen and oxygen atoms in total. The molecule has 2 aromatic rings. The molecule has 0 saturated heterocycles. The minimum absolute atomic E-state index is 0.125. The molecule has 3 heteroatoms. The molecule has 24 heavy (non-hydrogen) atoms. The number of carbonyl (C=O) groups excluding carboxylic acids is 1. The Hall–Kier alpha value is -2.13. The third kappa shape index (κ3) is 3.85. The van der Waals surface area contributed by atoms with Crippen LogP contribution in [0.15, 0.2) is 60.7 Å². The third-order valence-electron chi connectivity index (χ3n) is 4.46. The lowest BCUT2D eigenvalue weighted by molar-refractivity contribution is -0.149. The van der Waals surface area contributed by atoms with Crippen LogP contribution >= 0.6 is 0 Å². The molecule has 0 bridgehead atoms. The summed E-state index contributed by atoms with van der Waals surface area (Å²) in [5.74, 6) is -0.217. The number of esters is 1. The summed E-state index contributed by atoms with van der Waals surface area (Å²) >= 11 is 0. The van der Waals surface area contributed by atoms with Crippen molar-refractivity contribution in [1.29, 1.82) is 0 Å². The standard InChI is InChI=1S/C21H27NO2/c1-3-15-21(17-11-7-5-8-12-17,18-13-9-6-10-14-18)20(23)24-16-19(22)4-2/h5-14,19H,3-4,15-16,22H2,1-2H3. The van der Waals surface area contributed by atoms with E-state index in [9.17, 15) is 4.79 Å². The average Bonchev–Trinajstić information content (AvgIpc) is 2.65. The van der Waals surface area contributed by atoms with Crippen LogP contribution in [0.3, 0.4) is 0 Å². The number of nitrogens with two attached hydrogens (primary N) is 1. The number of benzene rings is 2. The van der Waals surface area contributed by atoms with Gasteiger partial charge in [0.1, 0.15) is 12.0 Å². The molecule has 0 aliphatic rings. The first-order chi connectivity index (χ1) is 11.6. The highest BCUT2D eigenvalue weighted by molar-refractivity contribution is 5.87. The number of hydrogen-bond donors (Lipinski definition) is 1. The molecule has 2 N–H and O–H groups in total. The molecule has 1 atom stereocenters. The summed E-state index contributed by atoms with van der Waals surface area (Å²) in [6.45, 7) is 4.33. The van der Waals surface area contributed by atoms with Gasteiger partial charge >= 0.3 is 5.97 Å². The summed E-state index contributed by atoms with van der Waals surface area (Å²) in [4.78, 5) is 13.2. The summed E-state index contributed by atoms with van der Waals surface area (Å²) in [5, 5.41) is 0. The van der Waals surface area contributed by atoms with Crippen molar-refractivity contribution in [3.63, 3.8) is 0 Å². The smallest absolute Gasteiger partial charge is 0.321 e. The predicted octanol–water partition coefficient (Wildman–Crippen LogP) is 4.05. The summed E-state index contributed by atoms with van der Waals surface area (Å²) in [5.41, 5.74) is 7.08. The maximum atomic E-state index is 13.2. The molecule has 2 rings (SSSR count). The first-order valence-corrected chi connectivity index (χ1v) is 8.69. The van der Waals surface area contributed by atoms with Gasteiger partial charge in [0.15, 0.2) is 0 Å². The van der Waals surface area contributed by atoms with Gasteiger partial charge < -0.3 is 10.5 Å². The van der Waals surface area contributed by atoms with E-state index in [4.69, 9.17) is 10.5 Å². The fourth-order valence-corrected chi connectivity index (χ4v) is 3.04.